The van der Waals surface area contributed by atoms with Gasteiger partial charge in [0.2, 0.25) is 0 Å². The fourth-order valence-electron chi connectivity index (χ4n) is 3.14. The molecule has 0 saturated carbocycles. The number of Topliss-reactive ketones (excluding diaryl/α,β-unsaturated/α-hetero) is 1. The van der Waals surface area contributed by atoms with Crippen LogP contribution in [0.4, 0.5) is 0 Å². The highest BCUT2D eigenvalue weighted by Gasteiger charge is 2.43. The Bertz CT molecular complexity index is 728. The number of nitrogens with zero attached hydrogens (tertiary/aromatic N) is 3. The maximum absolute atomic E-state index is 13.4. The summed E-state index contributed by atoms with van der Waals surface area (Å²) in [6.07, 6.45) is 5.44. The zero-order chi connectivity index (χ0) is 16.8. The van der Waals surface area contributed by atoms with Gasteiger partial charge in [0.25, 0.3) is 0 Å². The van der Waals surface area contributed by atoms with Crippen molar-refractivity contribution in [2.24, 2.45) is 0 Å². The lowest BCUT2D eigenvalue weighted by Gasteiger charge is -2.33. The molecule has 2 aromatic carbocycles. The highest BCUT2D eigenvalue weighted by atomic mass is 16.1. The number of rotatable bonds is 7. The maximum Gasteiger partial charge on any atom is 0.172 e. The van der Waals surface area contributed by atoms with Crippen LogP contribution in [0.5, 0.6) is 0 Å². The molecular weight excluding hydrogens is 298 g/mol. The fourth-order valence-corrected chi connectivity index (χ4v) is 3.14. The first-order chi connectivity index (χ1) is 11.8. The van der Waals surface area contributed by atoms with E-state index < -0.39 is 5.54 Å². The Kier molecular flexibility index (Phi) is 4.85. The van der Waals surface area contributed by atoms with E-state index in [4.69, 9.17) is 0 Å². The van der Waals surface area contributed by atoms with E-state index in [9.17, 15) is 4.79 Å². The normalized spacial score (nSPS) is 11.4. The summed E-state index contributed by atoms with van der Waals surface area (Å²) in [6.45, 7) is 2.09. The monoisotopic (exact) mass is 319 g/mol. The minimum atomic E-state index is -0.978. The minimum absolute atomic E-state index is 0.132. The molecule has 1 heterocycles. The van der Waals surface area contributed by atoms with E-state index in [1.54, 1.807) is 11.0 Å². The first kappa shape index (κ1) is 16.1. The van der Waals surface area contributed by atoms with Crippen LogP contribution in [0.15, 0.2) is 73.3 Å². The summed E-state index contributed by atoms with van der Waals surface area (Å²) in [7, 11) is 0. The van der Waals surface area contributed by atoms with E-state index in [1.807, 2.05) is 60.7 Å². The molecule has 0 aliphatic heterocycles. The summed E-state index contributed by atoms with van der Waals surface area (Å²) in [5.74, 6) is 0.132. The molecular formula is C20H21N3O. The van der Waals surface area contributed by atoms with Crippen molar-refractivity contribution in [3.63, 3.8) is 0 Å². The molecule has 0 amide bonds. The van der Waals surface area contributed by atoms with E-state index in [0.717, 1.165) is 24.0 Å². The van der Waals surface area contributed by atoms with E-state index in [1.165, 1.54) is 6.33 Å². The van der Waals surface area contributed by atoms with Crippen molar-refractivity contribution in [2.75, 3.05) is 0 Å². The number of aromatic nitrogens is 3. The van der Waals surface area contributed by atoms with Crippen molar-refractivity contribution >= 4 is 5.78 Å². The molecule has 0 fully saturated rings. The maximum atomic E-state index is 13.4. The third-order valence-electron chi connectivity index (χ3n) is 4.31. The van der Waals surface area contributed by atoms with Crippen LogP contribution in [0.3, 0.4) is 0 Å². The molecule has 1 aromatic heterocycles. The number of carbonyl (C=O) groups excluding carboxylic acids is 1. The molecule has 0 aliphatic carbocycles. The fraction of sp³-hybridized carbons (Fsp3) is 0.250. The average molecular weight is 319 g/mol. The molecule has 24 heavy (non-hydrogen) atoms. The first-order valence-corrected chi connectivity index (χ1v) is 8.29. The van der Waals surface area contributed by atoms with Crippen LogP contribution in [-0.4, -0.2) is 20.5 Å². The van der Waals surface area contributed by atoms with E-state index in [0.29, 0.717) is 6.42 Å². The second kappa shape index (κ2) is 7.21. The van der Waals surface area contributed by atoms with Gasteiger partial charge in [-0.1, -0.05) is 74.0 Å². The van der Waals surface area contributed by atoms with Crippen LogP contribution in [0.2, 0.25) is 0 Å². The Morgan fingerprint density at radius 3 is 2.04 bits per heavy atom. The van der Waals surface area contributed by atoms with E-state index >= 15 is 0 Å². The van der Waals surface area contributed by atoms with Gasteiger partial charge in [0.15, 0.2) is 11.3 Å². The van der Waals surface area contributed by atoms with Crippen LogP contribution < -0.4 is 0 Å². The molecule has 0 spiro atoms. The van der Waals surface area contributed by atoms with Gasteiger partial charge < -0.3 is 0 Å². The molecule has 3 rings (SSSR count). The molecule has 0 atom stereocenters. The molecule has 0 radical (unpaired) electrons. The summed E-state index contributed by atoms with van der Waals surface area (Å²) in [5, 5.41) is 4.36. The second-order valence-corrected chi connectivity index (χ2v) is 5.81. The number of benzene rings is 2. The zero-order valence-electron chi connectivity index (χ0n) is 13.8. The Hall–Kier alpha value is -2.75. The Labute approximate surface area is 142 Å². The van der Waals surface area contributed by atoms with Gasteiger partial charge in [0, 0.05) is 6.42 Å². The lowest BCUT2D eigenvalue weighted by atomic mass is 9.77. The summed E-state index contributed by atoms with van der Waals surface area (Å²) in [5.41, 5.74) is 0.833. The van der Waals surface area contributed by atoms with Gasteiger partial charge in [0.05, 0.1) is 0 Å². The molecule has 3 aromatic rings. The molecule has 0 bridgehead atoms. The SMILES string of the molecule is CCCCC(=O)C(c1ccccc1)(c1ccccc1)n1cncn1. The van der Waals surface area contributed by atoms with Gasteiger partial charge in [-0.05, 0) is 17.5 Å². The smallest absolute Gasteiger partial charge is 0.172 e. The predicted octanol–water partition coefficient (Wildman–Crippen LogP) is 3.83. The molecule has 0 unspecified atom stereocenters. The highest BCUT2D eigenvalue weighted by Crippen LogP contribution is 2.35. The Morgan fingerprint density at radius 2 is 1.58 bits per heavy atom. The standard InChI is InChI=1S/C20H21N3O/c1-2-3-14-19(24)20(23-16-21-15-22-23,17-10-6-4-7-11-17)18-12-8-5-9-13-18/h4-13,15-16H,2-3,14H2,1H3. The summed E-state index contributed by atoms with van der Waals surface area (Å²) in [4.78, 5) is 17.5. The Morgan fingerprint density at radius 1 is 1.00 bits per heavy atom. The molecule has 0 N–H and O–H groups in total. The molecule has 0 aliphatic rings. The molecule has 4 heteroatoms. The van der Waals surface area contributed by atoms with Crippen molar-refractivity contribution < 1.29 is 4.79 Å². The second-order valence-electron chi connectivity index (χ2n) is 5.81. The number of carbonyl (C=O) groups is 1. The Balaban J connectivity index is 2.27. The van der Waals surface area contributed by atoms with Crippen LogP contribution in [-0.2, 0) is 10.3 Å². The van der Waals surface area contributed by atoms with Crippen molar-refractivity contribution in [3.8, 4) is 0 Å². The average Bonchev–Trinajstić information content (AvgIpc) is 3.17. The van der Waals surface area contributed by atoms with E-state index in [2.05, 4.69) is 17.0 Å². The van der Waals surface area contributed by atoms with Gasteiger partial charge in [-0.25, -0.2) is 9.67 Å². The summed E-state index contributed by atoms with van der Waals surface area (Å²) >= 11 is 0. The van der Waals surface area contributed by atoms with Crippen molar-refractivity contribution in [1.82, 2.24) is 14.8 Å². The molecule has 122 valence electrons. The van der Waals surface area contributed by atoms with Crippen LogP contribution in [0.25, 0.3) is 0 Å². The number of unbranched alkanes of at least 4 members (excludes halogenated alkanes) is 1. The van der Waals surface area contributed by atoms with Gasteiger partial charge in [-0.15, -0.1) is 0 Å². The highest BCUT2D eigenvalue weighted by molar-refractivity contribution is 5.93. The van der Waals surface area contributed by atoms with Gasteiger partial charge in [-0.3, -0.25) is 4.79 Å². The lowest BCUT2D eigenvalue weighted by Crippen LogP contribution is -2.44. The number of hydrogen-bond acceptors (Lipinski definition) is 3. The van der Waals surface area contributed by atoms with Crippen molar-refractivity contribution in [3.05, 3.63) is 84.4 Å². The van der Waals surface area contributed by atoms with Crippen molar-refractivity contribution in [2.45, 2.75) is 31.7 Å². The molecule has 4 nitrogen and oxygen atoms in total. The third kappa shape index (κ3) is 2.75. The zero-order valence-corrected chi connectivity index (χ0v) is 13.8. The minimum Gasteiger partial charge on any atom is -0.296 e. The van der Waals surface area contributed by atoms with Crippen LogP contribution >= 0.6 is 0 Å². The number of hydrogen-bond donors (Lipinski definition) is 0. The van der Waals surface area contributed by atoms with Crippen molar-refractivity contribution in [1.29, 1.82) is 0 Å². The lowest BCUT2D eigenvalue weighted by molar-refractivity contribution is -0.124. The van der Waals surface area contributed by atoms with Gasteiger partial charge >= 0.3 is 0 Å². The van der Waals surface area contributed by atoms with Gasteiger partial charge in [0.1, 0.15) is 12.7 Å². The predicted molar refractivity (Wildman–Crippen MR) is 93.6 cm³/mol. The van der Waals surface area contributed by atoms with E-state index in [-0.39, 0.29) is 5.78 Å². The topological polar surface area (TPSA) is 47.8 Å². The van der Waals surface area contributed by atoms with Crippen LogP contribution in [0.1, 0.15) is 37.3 Å². The molecule has 0 saturated heterocycles. The summed E-state index contributed by atoms with van der Waals surface area (Å²) in [6, 6.07) is 19.7. The first-order valence-electron chi connectivity index (χ1n) is 8.29. The number of ketones is 1. The largest absolute Gasteiger partial charge is 0.296 e. The quantitative estimate of drug-likeness (QED) is 0.665. The summed E-state index contributed by atoms with van der Waals surface area (Å²) < 4.78 is 1.69. The van der Waals surface area contributed by atoms with Gasteiger partial charge in [-0.2, -0.15) is 5.10 Å². The van der Waals surface area contributed by atoms with Crippen LogP contribution in [0, 0.1) is 0 Å². The third-order valence-corrected chi connectivity index (χ3v) is 4.31.